The van der Waals surface area contributed by atoms with E-state index in [0.29, 0.717) is 16.5 Å². The van der Waals surface area contributed by atoms with Gasteiger partial charge in [0.15, 0.2) is 5.69 Å². The van der Waals surface area contributed by atoms with Crippen molar-refractivity contribution in [2.75, 3.05) is 12.4 Å². The van der Waals surface area contributed by atoms with Gasteiger partial charge in [0.25, 0.3) is 0 Å². The molecule has 0 aromatic carbocycles. The van der Waals surface area contributed by atoms with Crippen LogP contribution in [-0.2, 0) is 0 Å². The van der Waals surface area contributed by atoms with Crippen molar-refractivity contribution in [2.45, 2.75) is 0 Å². The van der Waals surface area contributed by atoms with Crippen molar-refractivity contribution in [2.24, 2.45) is 0 Å². The monoisotopic (exact) mass is 167 g/mol. The predicted octanol–water partition coefficient (Wildman–Crippen LogP) is 1.65. The fraction of sp³-hybridized carbons (Fsp3) is 0.143. The van der Waals surface area contributed by atoms with Gasteiger partial charge in [-0.2, -0.15) is 5.26 Å². The van der Waals surface area contributed by atoms with Gasteiger partial charge in [-0.3, -0.25) is 0 Å². The molecule has 11 heavy (non-hydrogen) atoms. The Bertz CT molecular complexity index is 303. The zero-order valence-electron chi connectivity index (χ0n) is 5.93. The van der Waals surface area contributed by atoms with Crippen LogP contribution in [0.2, 0.25) is 5.15 Å². The van der Waals surface area contributed by atoms with E-state index >= 15 is 0 Å². The van der Waals surface area contributed by atoms with E-state index in [1.807, 2.05) is 6.07 Å². The minimum absolute atomic E-state index is 0.319. The van der Waals surface area contributed by atoms with E-state index in [1.165, 1.54) is 0 Å². The molecule has 3 nitrogen and oxygen atoms in total. The molecule has 0 aliphatic heterocycles. The van der Waals surface area contributed by atoms with E-state index in [2.05, 4.69) is 10.3 Å². The van der Waals surface area contributed by atoms with E-state index in [9.17, 15) is 0 Å². The van der Waals surface area contributed by atoms with Gasteiger partial charge in [-0.25, -0.2) is 4.98 Å². The summed E-state index contributed by atoms with van der Waals surface area (Å²) in [4.78, 5) is 3.80. The van der Waals surface area contributed by atoms with E-state index in [-0.39, 0.29) is 0 Å². The van der Waals surface area contributed by atoms with E-state index in [4.69, 9.17) is 16.9 Å². The molecular formula is C7H6ClN3. The van der Waals surface area contributed by atoms with Gasteiger partial charge in [0.05, 0.1) is 5.69 Å². The fourth-order valence-corrected chi connectivity index (χ4v) is 0.870. The summed E-state index contributed by atoms with van der Waals surface area (Å²) in [5.74, 6) is 0. The number of hydrogen-bond donors (Lipinski definition) is 1. The zero-order valence-corrected chi connectivity index (χ0v) is 6.68. The highest BCUT2D eigenvalue weighted by atomic mass is 35.5. The molecule has 1 N–H and O–H groups in total. The SMILES string of the molecule is CNc1ccc(Cl)nc1C#N. The first kappa shape index (κ1) is 7.83. The Morgan fingerprint density at radius 3 is 2.91 bits per heavy atom. The Hall–Kier alpha value is -1.27. The van der Waals surface area contributed by atoms with Crippen LogP contribution in [0, 0.1) is 11.3 Å². The standard InChI is InChI=1S/C7H6ClN3/c1-10-5-2-3-7(8)11-6(5)4-9/h2-3,10H,1H3. The number of rotatable bonds is 1. The third-order valence-corrected chi connectivity index (χ3v) is 1.45. The van der Waals surface area contributed by atoms with E-state index in [1.54, 1.807) is 19.2 Å². The predicted molar refractivity (Wildman–Crippen MR) is 43.5 cm³/mol. The lowest BCUT2D eigenvalue weighted by Crippen LogP contribution is -1.94. The molecule has 0 spiro atoms. The van der Waals surface area contributed by atoms with Gasteiger partial charge in [0.1, 0.15) is 11.2 Å². The van der Waals surface area contributed by atoms with Crippen LogP contribution in [0.4, 0.5) is 5.69 Å². The van der Waals surface area contributed by atoms with Crippen LogP contribution < -0.4 is 5.32 Å². The van der Waals surface area contributed by atoms with Crippen molar-refractivity contribution in [3.05, 3.63) is 23.0 Å². The molecule has 0 aliphatic rings. The molecule has 1 heterocycles. The molecule has 0 saturated heterocycles. The highest BCUT2D eigenvalue weighted by Crippen LogP contribution is 2.14. The van der Waals surface area contributed by atoms with Crippen LogP contribution in [-0.4, -0.2) is 12.0 Å². The molecule has 56 valence electrons. The van der Waals surface area contributed by atoms with Crippen LogP contribution in [0.5, 0.6) is 0 Å². The molecule has 1 aromatic rings. The molecule has 0 radical (unpaired) electrons. The van der Waals surface area contributed by atoms with Gasteiger partial charge in [0.2, 0.25) is 0 Å². The summed E-state index contributed by atoms with van der Waals surface area (Å²) in [6, 6.07) is 5.28. The molecule has 1 rings (SSSR count). The molecule has 0 bridgehead atoms. The number of nitrogens with one attached hydrogen (secondary N) is 1. The van der Waals surface area contributed by atoms with Crippen molar-refractivity contribution in [1.82, 2.24) is 4.98 Å². The number of nitriles is 1. The summed E-state index contributed by atoms with van der Waals surface area (Å²) in [6.07, 6.45) is 0. The molecular weight excluding hydrogens is 162 g/mol. The summed E-state index contributed by atoms with van der Waals surface area (Å²) < 4.78 is 0. The number of hydrogen-bond acceptors (Lipinski definition) is 3. The van der Waals surface area contributed by atoms with Crippen molar-refractivity contribution < 1.29 is 0 Å². The maximum absolute atomic E-state index is 8.56. The summed E-state index contributed by atoms with van der Waals surface area (Å²) in [7, 11) is 1.73. The molecule has 0 aliphatic carbocycles. The summed E-state index contributed by atoms with van der Waals surface area (Å²) in [6.45, 7) is 0. The summed E-state index contributed by atoms with van der Waals surface area (Å²) in [5.41, 5.74) is 1.01. The fourth-order valence-electron chi connectivity index (χ4n) is 0.722. The Morgan fingerprint density at radius 2 is 2.36 bits per heavy atom. The highest BCUT2D eigenvalue weighted by molar-refractivity contribution is 6.29. The molecule has 0 atom stereocenters. The second-order valence-electron chi connectivity index (χ2n) is 1.89. The first-order chi connectivity index (χ1) is 5.27. The first-order valence-corrected chi connectivity index (χ1v) is 3.40. The van der Waals surface area contributed by atoms with Crippen LogP contribution in [0.15, 0.2) is 12.1 Å². The number of pyridine rings is 1. The van der Waals surface area contributed by atoms with Gasteiger partial charge in [-0.05, 0) is 12.1 Å². The minimum atomic E-state index is 0.319. The highest BCUT2D eigenvalue weighted by Gasteiger charge is 2.00. The van der Waals surface area contributed by atoms with Gasteiger partial charge < -0.3 is 5.32 Å². The van der Waals surface area contributed by atoms with Crippen LogP contribution in [0.1, 0.15) is 5.69 Å². The second-order valence-corrected chi connectivity index (χ2v) is 2.28. The zero-order chi connectivity index (χ0) is 8.27. The van der Waals surface area contributed by atoms with Gasteiger partial charge in [0, 0.05) is 7.05 Å². The topological polar surface area (TPSA) is 48.7 Å². The Morgan fingerprint density at radius 1 is 1.64 bits per heavy atom. The number of nitrogens with zero attached hydrogens (tertiary/aromatic N) is 2. The second kappa shape index (κ2) is 3.22. The maximum atomic E-state index is 8.56. The van der Waals surface area contributed by atoms with Crippen LogP contribution in [0.25, 0.3) is 0 Å². The third-order valence-electron chi connectivity index (χ3n) is 1.24. The van der Waals surface area contributed by atoms with E-state index in [0.717, 1.165) is 0 Å². The Kier molecular flexibility index (Phi) is 2.29. The molecule has 0 saturated carbocycles. The first-order valence-electron chi connectivity index (χ1n) is 3.02. The minimum Gasteiger partial charge on any atom is -0.386 e. The van der Waals surface area contributed by atoms with Crippen molar-refractivity contribution in [1.29, 1.82) is 5.26 Å². The molecule has 0 amide bonds. The number of aromatic nitrogens is 1. The van der Waals surface area contributed by atoms with Crippen molar-refractivity contribution in [3.8, 4) is 6.07 Å². The largest absolute Gasteiger partial charge is 0.386 e. The number of anilines is 1. The van der Waals surface area contributed by atoms with Gasteiger partial charge in [-0.15, -0.1) is 0 Å². The molecule has 0 unspecified atom stereocenters. The normalized spacial score (nSPS) is 8.82. The van der Waals surface area contributed by atoms with E-state index < -0.39 is 0 Å². The molecule has 1 aromatic heterocycles. The lowest BCUT2D eigenvalue weighted by molar-refractivity contribution is 1.25. The van der Waals surface area contributed by atoms with Crippen LogP contribution in [0.3, 0.4) is 0 Å². The van der Waals surface area contributed by atoms with Gasteiger partial charge >= 0.3 is 0 Å². The smallest absolute Gasteiger partial charge is 0.165 e. The quantitative estimate of drug-likeness (QED) is 0.647. The Labute approximate surface area is 69.6 Å². The van der Waals surface area contributed by atoms with Crippen LogP contribution >= 0.6 is 11.6 Å². The lowest BCUT2D eigenvalue weighted by atomic mass is 10.3. The summed E-state index contributed by atoms with van der Waals surface area (Å²) in [5, 5.41) is 11.7. The number of halogens is 1. The maximum Gasteiger partial charge on any atom is 0.165 e. The summed E-state index contributed by atoms with van der Waals surface area (Å²) >= 11 is 5.56. The van der Waals surface area contributed by atoms with Crippen molar-refractivity contribution >= 4 is 17.3 Å². The Balaban J connectivity index is 3.19. The van der Waals surface area contributed by atoms with Crippen molar-refractivity contribution in [3.63, 3.8) is 0 Å². The third kappa shape index (κ3) is 1.60. The van der Waals surface area contributed by atoms with Gasteiger partial charge in [-0.1, -0.05) is 11.6 Å². The average Bonchev–Trinajstić information content (AvgIpc) is 2.04. The molecule has 0 fully saturated rings. The molecule has 4 heteroatoms. The lowest BCUT2D eigenvalue weighted by Gasteiger charge is -2.00. The average molecular weight is 168 g/mol.